The molecule has 1 N–H and O–H groups in total. The quantitative estimate of drug-likeness (QED) is 0.890. The summed E-state index contributed by atoms with van der Waals surface area (Å²) in [4.78, 5) is 9.60. The van der Waals surface area contributed by atoms with Crippen LogP contribution in [0.4, 0.5) is 0 Å². The highest BCUT2D eigenvalue weighted by Crippen LogP contribution is 2.57. The van der Waals surface area contributed by atoms with Crippen molar-refractivity contribution in [2.24, 2.45) is 5.41 Å². The van der Waals surface area contributed by atoms with Crippen molar-refractivity contribution >= 4 is 0 Å². The summed E-state index contributed by atoms with van der Waals surface area (Å²) >= 11 is 0. The molecule has 1 aliphatic carbocycles. The third kappa shape index (κ3) is 3.20. The summed E-state index contributed by atoms with van der Waals surface area (Å²) in [6, 6.07) is 0.519. The molecule has 2 atom stereocenters. The van der Waals surface area contributed by atoms with E-state index in [4.69, 9.17) is 9.97 Å². The normalized spacial score (nSPS) is 22.1. The van der Waals surface area contributed by atoms with Crippen molar-refractivity contribution in [3.05, 3.63) is 22.8 Å². The minimum Gasteiger partial charge on any atom is -0.314 e. The Kier molecular flexibility index (Phi) is 4.19. The molecule has 1 saturated carbocycles. The Balaban J connectivity index is 2.19. The molecule has 2 rings (SSSR count). The Labute approximate surface area is 123 Å². The van der Waals surface area contributed by atoms with E-state index in [1.165, 1.54) is 12.0 Å². The van der Waals surface area contributed by atoms with Crippen LogP contribution in [0.5, 0.6) is 0 Å². The molecule has 0 aliphatic heterocycles. The summed E-state index contributed by atoms with van der Waals surface area (Å²) in [7, 11) is 0. The molecule has 112 valence electrons. The summed E-state index contributed by atoms with van der Waals surface area (Å²) in [5, 5.41) is 3.51. The van der Waals surface area contributed by atoms with Crippen LogP contribution in [0.1, 0.15) is 75.7 Å². The number of nitrogens with one attached hydrogen (secondary N) is 1. The third-order valence-electron chi connectivity index (χ3n) is 4.49. The number of hydrogen-bond acceptors (Lipinski definition) is 3. The van der Waals surface area contributed by atoms with Gasteiger partial charge in [0, 0.05) is 29.9 Å². The van der Waals surface area contributed by atoms with E-state index in [-0.39, 0.29) is 0 Å². The van der Waals surface area contributed by atoms with Crippen LogP contribution in [0.3, 0.4) is 0 Å². The van der Waals surface area contributed by atoms with Crippen molar-refractivity contribution in [1.82, 2.24) is 15.3 Å². The first-order valence-corrected chi connectivity index (χ1v) is 7.80. The maximum absolute atomic E-state index is 4.80. The number of nitrogens with zero attached hydrogens (tertiary/aromatic N) is 2. The van der Waals surface area contributed by atoms with Crippen LogP contribution in [-0.4, -0.2) is 22.6 Å². The van der Waals surface area contributed by atoms with E-state index in [9.17, 15) is 0 Å². The monoisotopic (exact) mass is 275 g/mol. The number of aromatic nitrogens is 2. The van der Waals surface area contributed by atoms with Crippen molar-refractivity contribution in [2.45, 2.75) is 72.8 Å². The van der Waals surface area contributed by atoms with E-state index < -0.39 is 0 Å². The maximum atomic E-state index is 4.80. The highest BCUT2D eigenvalue weighted by molar-refractivity contribution is 5.30. The Morgan fingerprint density at radius 1 is 1.15 bits per heavy atom. The fraction of sp³-hybridized carbons (Fsp3) is 0.765. The summed E-state index contributed by atoms with van der Waals surface area (Å²) < 4.78 is 0. The van der Waals surface area contributed by atoms with Crippen molar-refractivity contribution in [1.29, 1.82) is 0 Å². The van der Waals surface area contributed by atoms with Crippen LogP contribution in [-0.2, 0) is 0 Å². The topological polar surface area (TPSA) is 37.8 Å². The fourth-order valence-electron chi connectivity index (χ4n) is 3.04. The van der Waals surface area contributed by atoms with E-state index in [1.54, 1.807) is 0 Å². The molecule has 0 bridgehead atoms. The van der Waals surface area contributed by atoms with Gasteiger partial charge in [-0.2, -0.15) is 0 Å². The smallest absolute Gasteiger partial charge is 0.132 e. The van der Waals surface area contributed by atoms with Gasteiger partial charge >= 0.3 is 0 Å². The van der Waals surface area contributed by atoms with Crippen molar-refractivity contribution in [2.75, 3.05) is 6.54 Å². The molecular formula is C17H29N3. The first-order valence-electron chi connectivity index (χ1n) is 7.80. The molecule has 0 radical (unpaired) electrons. The van der Waals surface area contributed by atoms with Crippen LogP contribution in [0.15, 0.2) is 0 Å². The fourth-order valence-corrected chi connectivity index (χ4v) is 3.04. The minimum atomic E-state index is 0.394. The van der Waals surface area contributed by atoms with Gasteiger partial charge in [0.05, 0.1) is 0 Å². The lowest BCUT2D eigenvalue weighted by molar-refractivity contribution is 0.542. The van der Waals surface area contributed by atoms with Gasteiger partial charge in [-0.25, -0.2) is 9.97 Å². The molecule has 1 aromatic rings. The summed E-state index contributed by atoms with van der Waals surface area (Å²) in [6.07, 6.45) is 1.22. The van der Waals surface area contributed by atoms with Crippen molar-refractivity contribution in [3.8, 4) is 0 Å². The van der Waals surface area contributed by atoms with Gasteiger partial charge in [-0.05, 0) is 37.2 Å². The van der Waals surface area contributed by atoms with Gasteiger partial charge in [0.15, 0.2) is 0 Å². The van der Waals surface area contributed by atoms with Gasteiger partial charge in [0.25, 0.3) is 0 Å². The lowest BCUT2D eigenvalue weighted by Gasteiger charge is -2.19. The van der Waals surface area contributed by atoms with E-state index >= 15 is 0 Å². The highest BCUT2D eigenvalue weighted by atomic mass is 14.9. The largest absolute Gasteiger partial charge is 0.314 e. The molecule has 1 aliphatic rings. The first kappa shape index (κ1) is 15.4. The third-order valence-corrected chi connectivity index (χ3v) is 4.49. The Bertz CT molecular complexity index is 468. The van der Waals surface area contributed by atoms with Gasteiger partial charge in [0.2, 0.25) is 0 Å². The average molecular weight is 275 g/mol. The molecular weight excluding hydrogens is 246 g/mol. The number of hydrogen-bond donors (Lipinski definition) is 1. The van der Waals surface area contributed by atoms with E-state index in [1.807, 2.05) is 0 Å². The molecule has 2 unspecified atom stereocenters. The van der Waals surface area contributed by atoms with E-state index in [2.05, 4.69) is 53.8 Å². The van der Waals surface area contributed by atoms with Crippen LogP contribution < -0.4 is 5.32 Å². The van der Waals surface area contributed by atoms with Gasteiger partial charge in [-0.1, -0.05) is 34.6 Å². The molecule has 3 heteroatoms. The second-order valence-corrected chi connectivity index (χ2v) is 7.38. The lowest BCUT2D eigenvalue weighted by Crippen LogP contribution is -2.28. The van der Waals surface area contributed by atoms with Crippen molar-refractivity contribution < 1.29 is 0 Å². The predicted molar refractivity (Wildman–Crippen MR) is 84.2 cm³/mol. The van der Waals surface area contributed by atoms with Crippen molar-refractivity contribution in [3.63, 3.8) is 0 Å². The molecule has 1 fully saturated rings. The molecule has 0 saturated heterocycles. The second-order valence-electron chi connectivity index (χ2n) is 7.38. The molecule has 1 aromatic heterocycles. The van der Waals surface area contributed by atoms with Crippen LogP contribution in [0, 0.1) is 19.3 Å². The molecule has 0 aromatic carbocycles. The summed E-state index contributed by atoms with van der Waals surface area (Å²) in [6.45, 7) is 16.5. The zero-order valence-electron chi connectivity index (χ0n) is 14.0. The molecule has 0 amide bonds. The van der Waals surface area contributed by atoms with Crippen LogP contribution in [0.25, 0.3) is 0 Å². The lowest BCUT2D eigenvalue weighted by atomic mass is 9.97. The second kappa shape index (κ2) is 5.44. The number of aryl methyl sites for hydroxylation is 2. The maximum Gasteiger partial charge on any atom is 0.132 e. The van der Waals surface area contributed by atoms with Crippen LogP contribution >= 0.6 is 0 Å². The minimum absolute atomic E-state index is 0.394. The van der Waals surface area contributed by atoms with Gasteiger partial charge in [0.1, 0.15) is 5.82 Å². The predicted octanol–water partition coefficient (Wildman–Crippen LogP) is 3.71. The van der Waals surface area contributed by atoms with Crippen LogP contribution in [0.2, 0.25) is 0 Å². The number of rotatable bonds is 5. The van der Waals surface area contributed by atoms with Gasteiger partial charge in [-0.3, -0.25) is 0 Å². The summed E-state index contributed by atoms with van der Waals surface area (Å²) in [5.41, 5.74) is 4.03. The van der Waals surface area contributed by atoms with E-state index in [0.29, 0.717) is 23.3 Å². The Morgan fingerprint density at radius 2 is 1.65 bits per heavy atom. The highest BCUT2D eigenvalue weighted by Gasteiger charge is 2.48. The molecule has 1 heterocycles. The SMILES string of the molecule is Cc1nc(C2CC2(C)C)nc(C)c1C(C)CNC(C)C. The average Bonchev–Trinajstić information content (AvgIpc) is 2.95. The Hall–Kier alpha value is -0.960. The molecule has 0 spiro atoms. The zero-order chi connectivity index (χ0) is 15.1. The van der Waals surface area contributed by atoms with Gasteiger partial charge < -0.3 is 5.32 Å². The summed E-state index contributed by atoms with van der Waals surface area (Å²) in [5.74, 6) is 2.06. The molecule has 3 nitrogen and oxygen atoms in total. The Morgan fingerprint density at radius 3 is 2.05 bits per heavy atom. The zero-order valence-corrected chi connectivity index (χ0v) is 14.0. The first-order chi connectivity index (χ1) is 9.22. The molecule has 20 heavy (non-hydrogen) atoms. The van der Waals surface area contributed by atoms with Gasteiger partial charge in [-0.15, -0.1) is 0 Å². The van der Waals surface area contributed by atoms with E-state index in [0.717, 1.165) is 23.8 Å². The standard InChI is InChI=1S/C17H29N3/c1-10(2)18-9-11(3)15-12(4)19-16(20-13(15)5)14-8-17(14,6)7/h10-11,14,18H,8-9H2,1-7H3.